The van der Waals surface area contributed by atoms with Crippen molar-refractivity contribution in [1.82, 2.24) is 5.32 Å². The Balaban J connectivity index is 2.21. The van der Waals surface area contributed by atoms with Gasteiger partial charge in [-0.1, -0.05) is 6.42 Å². The Kier molecular flexibility index (Phi) is 4.59. The van der Waals surface area contributed by atoms with Gasteiger partial charge in [-0.05, 0) is 46.0 Å². The lowest BCUT2D eigenvalue weighted by molar-refractivity contribution is 0.0514. The van der Waals surface area contributed by atoms with Crippen molar-refractivity contribution in [2.24, 2.45) is 11.7 Å². The first-order chi connectivity index (χ1) is 7.37. The average molecular weight is 228 g/mol. The molecule has 0 aromatic heterocycles. The molecule has 0 unspecified atom stereocenters. The molecule has 1 fully saturated rings. The first-order valence-electron chi connectivity index (χ1n) is 6.09. The first-order valence-corrected chi connectivity index (χ1v) is 6.09. The summed E-state index contributed by atoms with van der Waals surface area (Å²) in [6.07, 6.45) is 4.12. The van der Waals surface area contributed by atoms with E-state index in [1.54, 1.807) is 0 Å². The zero-order valence-corrected chi connectivity index (χ0v) is 10.6. The predicted molar refractivity (Wildman–Crippen MR) is 64.2 cm³/mol. The minimum atomic E-state index is -0.424. The summed E-state index contributed by atoms with van der Waals surface area (Å²) in [5.41, 5.74) is 5.47. The van der Waals surface area contributed by atoms with Crippen LogP contribution in [-0.2, 0) is 4.74 Å². The molecule has 1 rings (SSSR count). The Morgan fingerprint density at radius 3 is 2.69 bits per heavy atom. The van der Waals surface area contributed by atoms with Gasteiger partial charge >= 0.3 is 6.09 Å². The van der Waals surface area contributed by atoms with Crippen LogP contribution in [0.4, 0.5) is 4.79 Å². The number of hydrogen-bond donors (Lipinski definition) is 2. The fourth-order valence-corrected chi connectivity index (χ4v) is 2.06. The van der Waals surface area contributed by atoms with E-state index in [0.29, 0.717) is 18.5 Å². The first kappa shape index (κ1) is 13.3. The molecular weight excluding hydrogens is 204 g/mol. The second-order valence-corrected chi connectivity index (χ2v) is 5.68. The highest BCUT2D eigenvalue weighted by Gasteiger charge is 2.21. The van der Waals surface area contributed by atoms with Gasteiger partial charge in [0.2, 0.25) is 0 Å². The lowest BCUT2D eigenvalue weighted by Gasteiger charge is -2.27. The van der Waals surface area contributed by atoms with Gasteiger partial charge in [-0.2, -0.15) is 0 Å². The van der Waals surface area contributed by atoms with E-state index in [0.717, 1.165) is 19.3 Å². The lowest BCUT2D eigenvalue weighted by atomic mass is 9.86. The maximum atomic E-state index is 11.4. The molecule has 94 valence electrons. The summed E-state index contributed by atoms with van der Waals surface area (Å²) in [5.74, 6) is 0.510. The van der Waals surface area contributed by atoms with E-state index in [9.17, 15) is 4.79 Å². The van der Waals surface area contributed by atoms with E-state index in [1.165, 1.54) is 6.42 Å². The minimum absolute atomic E-state index is 0.305. The number of ether oxygens (including phenoxy) is 1. The molecule has 3 N–H and O–H groups in total. The molecule has 0 spiro atoms. The van der Waals surface area contributed by atoms with Gasteiger partial charge in [-0.3, -0.25) is 0 Å². The molecule has 0 heterocycles. The quantitative estimate of drug-likeness (QED) is 0.760. The summed E-state index contributed by atoms with van der Waals surface area (Å²) < 4.78 is 5.17. The number of carbonyl (C=O) groups excluding carboxylic acids is 1. The number of amides is 1. The average Bonchev–Trinajstić information content (AvgIpc) is 2.12. The molecule has 1 aliphatic rings. The van der Waals surface area contributed by atoms with Crippen LogP contribution in [0.15, 0.2) is 0 Å². The van der Waals surface area contributed by atoms with Crippen molar-refractivity contribution in [3.8, 4) is 0 Å². The van der Waals surface area contributed by atoms with Crippen LogP contribution in [0.3, 0.4) is 0 Å². The fourth-order valence-electron chi connectivity index (χ4n) is 2.06. The van der Waals surface area contributed by atoms with E-state index in [-0.39, 0.29) is 6.09 Å². The maximum absolute atomic E-state index is 11.4. The van der Waals surface area contributed by atoms with Gasteiger partial charge in [0.15, 0.2) is 0 Å². The van der Waals surface area contributed by atoms with Gasteiger partial charge in [-0.25, -0.2) is 4.79 Å². The maximum Gasteiger partial charge on any atom is 0.407 e. The normalized spacial score (nSPS) is 26.2. The molecule has 4 nitrogen and oxygen atoms in total. The summed E-state index contributed by atoms with van der Waals surface area (Å²) in [6, 6.07) is 0.305. The van der Waals surface area contributed by atoms with E-state index in [1.807, 2.05) is 20.8 Å². The van der Waals surface area contributed by atoms with Crippen LogP contribution in [0, 0.1) is 5.92 Å². The highest BCUT2D eigenvalue weighted by Crippen LogP contribution is 2.22. The van der Waals surface area contributed by atoms with Crippen LogP contribution in [0.25, 0.3) is 0 Å². The van der Waals surface area contributed by atoms with Crippen molar-refractivity contribution < 1.29 is 9.53 Å². The van der Waals surface area contributed by atoms with Crippen molar-refractivity contribution in [3.05, 3.63) is 0 Å². The topological polar surface area (TPSA) is 64.3 Å². The summed E-state index contributed by atoms with van der Waals surface area (Å²) in [7, 11) is 0. The van der Waals surface area contributed by atoms with Crippen LogP contribution < -0.4 is 11.1 Å². The van der Waals surface area contributed by atoms with E-state index >= 15 is 0 Å². The molecule has 0 aliphatic heterocycles. The number of rotatable bonds is 2. The number of nitrogens with one attached hydrogen (secondary N) is 1. The Morgan fingerprint density at radius 2 is 2.12 bits per heavy atom. The molecule has 1 amide bonds. The highest BCUT2D eigenvalue weighted by atomic mass is 16.6. The Hall–Kier alpha value is -0.770. The lowest BCUT2D eigenvalue weighted by Crippen LogP contribution is -2.38. The molecule has 0 aromatic carbocycles. The number of carbonyl (C=O) groups is 1. The Bertz CT molecular complexity index is 236. The third-order valence-electron chi connectivity index (χ3n) is 2.76. The highest BCUT2D eigenvalue weighted by molar-refractivity contribution is 5.67. The fraction of sp³-hybridized carbons (Fsp3) is 0.917. The minimum Gasteiger partial charge on any atom is -0.444 e. The third-order valence-corrected chi connectivity index (χ3v) is 2.76. The number of alkyl carbamates (subject to hydrolysis) is 1. The van der Waals surface area contributed by atoms with E-state index in [4.69, 9.17) is 10.5 Å². The van der Waals surface area contributed by atoms with Gasteiger partial charge in [0.25, 0.3) is 0 Å². The monoisotopic (exact) mass is 228 g/mol. The van der Waals surface area contributed by atoms with Crippen LogP contribution in [0.5, 0.6) is 0 Å². The van der Waals surface area contributed by atoms with Gasteiger partial charge in [0, 0.05) is 12.6 Å². The van der Waals surface area contributed by atoms with Crippen LogP contribution in [-0.4, -0.2) is 24.3 Å². The molecule has 0 radical (unpaired) electrons. The standard InChI is InChI=1S/C12H24N2O2/c1-12(2,3)16-11(15)14-8-9-5-4-6-10(13)7-9/h9-10H,4-8,13H2,1-3H3,(H,14,15)/t9-,10+/m1/s1. The van der Waals surface area contributed by atoms with Crippen LogP contribution in [0.2, 0.25) is 0 Å². The van der Waals surface area contributed by atoms with Crippen molar-refractivity contribution >= 4 is 6.09 Å². The summed E-state index contributed by atoms with van der Waals surface area (Å²) >= 11 is 0. The molecule has 0 aromatic rings. The summed E-state index contributed by atoms with van der Waals surface area (Å²) in [5, 5.41) is 2.81. The van der Waals surface area contributed by atoms with Crippen molar-refractivity contribution in [2.45, 2.75) is 58.1 Å². The zero-order valence-electron chi connectivity index (χ0n) is 10.6. The molecular formula is C12H24N2O2. The smallest absolute Gasteiger partial charge is 0.407 e. The molecule has 0 bridgehead atoms. The molecule has 2 atom stereocenters. The second-order valence-electron chi connectivity index (χ2n) is 5.68. The molecule has 16 heavy (non-hydrogen) atoms. The third kappa shape index (κ3) is 5.35. The summed E-state index contributed by atoms with van der Waals surface area (Å²) in [4.78, 5) is 11.4. The van der Waals surface area contributed by atoms with Gasteiger partial charge in [-0.15, -0.1) is 0 Å². The predicted octanol–water partition coefficient (Wildman–Crippen LogP) is 2.03. The van der Waals surface area contributed by atoms with Crippen molar-refractivity contribution in [1.29, 1.82) is 0 Å². The van der Waals surface area contributed by atoms with Gasteiger partial charge < -0.3 is 15.8 Å². The zero-order chi connectivity index (χ0) is 12.2. The van der Waals surface area contributed by atoms with Gasteiger partial charge in [0.1, 0.15) is 5.60 Å². The Labute approximate surface area is 97.9 Å². The Morgan fingerprint density at radius 1 is 1.44 bits per heavy atom. The number of hydrogen-bond acceptors (Lipinski definition) is 3. The SMILES string of the molecule is CC(C)(C)OC(=O)NC[C@@H]1CCC[C@H](N)C1. The van der Waals surface area contributed by atoms with E-state index in [2.05, 4.69) is 5.32 Å². The second kappa shape index (κ2) is 5.53. The van der Waals surface area contributed by atoms with Gasteiger partial charge in [0.05, 0.1) is 0 Å². The largest absolute Gasteiger partial charge is 0.444 e. The number of nitrogens with two attached hydrogens (primary N) is 1. The molecule has 4 heteroatoms. The van der Waals surface area contributed by atoms with Crippen molar-refractivity contribution in [3.63, 3.8) is 0 Å². The molecule has 1 saturated carbocycles. The van der Waals surface area contributed by atoms with E-state index < -0.39 is 5.60 Å². The van der Waals surface area contributed by atoms with Crippen LogP contribution in [0.1, 0.15) is 46.5 Å². The van der Waals surface area contributed by atoms with Crippen LogP contribution >= 0.6 is 0 Å². The van der Waals surface area contributed by atoms with Crippen molar-refractivity contribution in [2.75, 3.05) is 6.54 Å². The molecule has 1 aliphatic carbocycles. The molecule has 0 saturated heterocycles. The summed E-state index contributed by atoms with van der Waals surface area (Å²) in [6.45, 7) is 6.28.